The number of benzene rings is 3. The number of hydrogen-bond donors (Lipinski definition) is 0. The second-order valence-electron chi connectivity index (χ2n) is 7.74. The van der Waals surface area contributed by atoms with E-state index in [1.54, 1.807) is 30.3 Å². The second kappa shape index (κ2) is 11.7. The van der Waals surface area contributed by atoms with E-state index >= 15 is 0 Å². The average molecular weight is 560 g/mol. The molecule has 0 aliphatic carbocycles. The topological polar surface area (TPSA) is 82.5 Å². The number of carbonyl (C=O) groups is 1. The number of halogens is 2. The quantitative estimate of drug-likeness (QED) is 0.175. The number of aromatic nitrogens is 1. The summed E-state index contributed by atoms with van der Waals surface area (Å²) in [5, 5.41) is 6.81. The van der Waals surface area contributed by atoms with Gasteiger partial charge < -0.3 is 18.9 Å². The first kappa shape index (κ1) is 26.5. The first-order chi connectivity index (χ1) is 17.8. The van der Waals surface area contributed by atoms with E-state index in [1.807, 2.05) is 25.1 Å². The normalized spacial score (nSPS) is 11.1. The number of thiazole rings is 1. The maximum atomic E-state index is 13.3. The molecule has 0 aliphatic rings. The van der Waals surface area contributed by atoms with Crippen molar-refractivity contribution in [2.45, 2.75) is 6.92 Å². The molecule has 1 amide bonds. The highest BCUT2D eigenvalue weighted by Gasteiger charge is 2.21. The van der Waals surface area contributed by atoms with Crippen molar-refractivity contribution in [1.29, 1.82) is 0 Å². The third-order valence-corrected chi connectivity index (χ3v) is 6.73. The van der Waals surface area contributed by atoms with Crippen LogP contribution in [0.15, 0.2) is 53.6 Å². The van der Waals surface area contributed by atoms with Crippen LogP contribution < -0.4 is 24.0 Å². The average Bonchev–Trinajstić information content (AvgIpc) is 3.30. The number of fused-ring (bicyclic) bond motifs is 1. The Hall–Kier alpha value is -3.53. The first-order valence-corrected chi connectivity index (χ1v) is 12.5. The third-order valence-electron chi connectivity index (χ3n) is 5.20. The summed E-state index contributed by atoms with van der Waals surface area (Å²) in [6.45, 7) is 1.66. The maximum absolute atomic E-state index is 13.3. The van der Waals surface area contributed by atoms with Crippen molar-refractivity contribution in [1.82, 2.24) is 4.98 Å². The van der Waals surface area contributed by atoms with Gasteiger partial charge in [-0.2, -0.15) is 10.1 Å². The van der Waals surface area contributed by atoms with Crippen LogP contribution in [0, 0.1) is 6.92 Å². The van der Waals surface area contributed by atoms with Crippen molar-refractivity contribution in [3.63, 3.8) is 0 Å². The molecular weight excluding hydrogens is 537 g/mol. The Kier molecular flexibility index (Phi) is 8.38. The molecule has 0 spiro atoms. The van der Waals surface area contributed by atoms with Gasteiger partial charge >= 0.3 is 0 Å². The molecule has 0 unspecified atom stereocenters. The molecule has 4 rings (SSSR count). The molecule has 192 valence electrons. The van der Waals surface area contributed by atoms with Crippen molar-refractivity contribution < 1.29 is 23.7 Å². The highest BCUT2D eigenvalue weighted by atomic mass is 35.5. The number of aryl methyl sites for hydroxylation is 1. The zero-order chi connectivity index (χ0) is 26.5. The van der Waals surface area contributed by atoms with Crippen LogP contribution in [0.1, 0.15) is 11.1 Å². The van der Waals surface area contributed by atoms with Crippen LogP contribution >= 0.6 is 34.5 Å². The van der Waals surface area contributed by atoms with Crippen LogP contribution in [-0.2, 0) is 4.79 Å². The van der Waals surface area contributed by atoms with Crippen LogP contribution in [0.3, 0.4) is 0 Å². The van der Waals surface area contributed by atoms with E-state index in [9.17, 15) is 4.79 Å². The molecule has 4 aromatic rings. The van der Waals surface area contributed by atoms with E-state index in [0.29, 0.717) is 43.7 Å². The third kappa shape index (κ3) is 6.07. The number of carbonyl (C=O) groups excluding carboxylic acids is 1. The highest BCUT2D eigenvalue weighted by Crippen LogP contribution is 2.38. The Labute approximate surface area is 227 Å². The predicted octanol–water partition coefficient (Wildman–Crippen LogP) is 6.38. The molecule has 1 heterocycles. The van der Waals surface area contributed by atoms with Crippen LogP contribution in [-0.4, -0.2) is 45.0 Å². The summed E-state index contributed by atoms with van der Waals surface area (Å²) in [5.74, 6) is 1.23. The number of ether oxygens (including phenoxy) is 4. The van der Waals surface area contributed by atoms with Gasteiger partial charge in [-0.3, -0.25) is 4.79 Å². The zero-order valence-electron chi connectivity index (χ0n) is 20.5. The molecule has 1 aromatic heterocycles. The van der Waals surface area contributed by atoms with Gasteiger partial charge in [-0.15, -0.1) is 0 Å². The summed E-state index contributed by atoms with van der Waals surface area (Å²) < 4.78 is 22.8. The molecule has 37 heavy (non-hydrogen) atoms. The van der Waals surface area contributed by atoms with E-state index in [4.69, 9.17) is 42.1 Å². The minimum absolute atomic E-state index is 0.295. The van der Waals surface area contributed by atoms with Gasteiger partial charge in [-0.25, -0.2) is 4.98 Å². The lowest BCUT2D eigenvalue weighted by molar-refractivity contribution is -0.120. The minimum Gasteiger partial charge on any atom is -0.493 e. The number of methoxy groups -OCH3 is 3. The molecule has 0 radical (unpaired) electrons. The van der Waals surface area contributed by atoms with Crippen molar-refractivity contribution in [2.75, 3.05) is 32.9 Å². The smallest absolute Gasteiger partial charge is 0.287 e. The highest BCUT2D eigenvalue weighted by molar-refractivity contribution is 7.22. The second-order valence-corrected chi connectivity index (χ2v) is 9.59. The Bertz CT molecular complexity index is 1450. The molecule has 8 nitrogen and oxygen atoms in total. The van der Waals surface area contributed by atoms with Crippen LogP contribution in [0.4, 0.5) is 5.13 Å². The number of hydrogen-bond acceptors (Lipinski definition) is 8. The maximum Gasteiger partial charge on any atom is 0.287 e. The van der Waals surface area contributed by atoms with Crippen molar-refractivity contribution in [3.05, 3.63) is 69.7 Å². The minimum atomic E-state index is -0.453. The van der Waals surface area contributed by atoms with Gasteiger partial charge in [0, 0.05) is 10.6 Å². The summed E-state index contributed by atoms with van der Waals surface area (Å²) in [5.41, 5.74) is 2.46. The number of hydrazone groups is 1. The van der Waals surface area contributed by atoms with Crippen LogP contribution in [0.2, 0.25) is 10.0 Å². The molecule has 0 fully saturated rings. The fourth-order valence-electron chi connectivity index (χ4n) is 3.42. The van der Waals surface area contributed by atoms with E-state index in [0.717, 1.165) is 15.8 Å². The summed E-state index contributed by atoms with van der Waals surface area (Å²) in [6, 6.07) is 14.1. The molecule has 0 bridgehead atoms. The Morgan fingerprint density at radius 3 is 2.38 bits per heavy atom. The molecule has 0 aliphatic heterocycles. The van der Waals surface area contributed by atoms with Gasteiger partial charge in [-0.1, -0.05) is 40.6 Å². The van der Waals surface area contributed by atoms with Gasteiger partial charge in [0.25, 0.3) is 5.91 Å². The van der Waals surface area contributed by atoms with Gasteiger partial charge in [0.2, 0.25) is 10.9 Å². The largest absolute Gasteiger partial charge is 0.493 e. The number of rotatable bonds is 9. The fourth-order valence-corrected chi connectivity index (χ4v) is 4.93. The molecule has 0 N–H and O–H groups in total. The number of amides is 1. The standard InChI is InChI=1S/C26H23Cl2N3O5S/c1-15-5-7-19-23(9-15)37-26(30-19)31(24(32)14-36-20-8-6-17(27)12-18(20)28)29-13-16-10-21(33-2)25(35-4)22(11-16)34-3/h5-13H,14H2,1-4H3/b29-13+. The van der Waals surface area contributed by atoms with E-state index in [2.05, 4.69) is 10.1 Å². The molecule has 0 saturated carbocycles. The predicted molar refractivity (Wildman–Crippen MR) is 147 cm³/mol. The van der Waals surface area contributed by atoms with Gasteiger partial charge in [0.15, 0.2) is 18.1 Å². The summed E-state index contributed by atoms with van der Waals surface area (Å²) >= 11 is 13.5. The number of nitrogens with zero attached hydrogens (tertiary/aromatic N) is 3. The SMILES string of the molecule is COc1cc(/C=N/N(C(=O)COc2ccc(Cl)cc2Cl)c2nc3ccc(C)cc3s2)cc(OC)c1OC. The lowest BCUT2D eigenvalue weighted by Crippen LogP contribution is -2.30. The van der Waals surface area contributed by atoms with Crippen molar-refractivity contribution in [2.24, 2.45) is 5.10 Å². The summed E-state index contributed by atoms with van der Waals surface area (Å²) in [6.07, 6.45) is 1.51. The lowest BCUT2D eigenvalue weighted by atomic mass is 10.2. The Morgan fingerprint density at radius 1 is 1.00 bits per heavy atom. The van der Waals surface area contributed by atoms with Crippen molar-refractivity contribution in [3.8, 4) is 23.0 Å². The zero-order valence-corrected chi connectivity index (χ0v) is 22.8. The van der Waals surface area contributed by atoms with Crippen LogP contribution in [0.25, 0.3) is 10.2 Å². The number of anilines is 1. The molecule has 0 saturated heterocycles. The molecule has 11 heteroatoms. The van der Waals surface area contributed by atoms with Gasteiger partial charge in [0.1, 0.15) is 5.75 Å². The fraction of sp³-hybridized carbons (Fsp3) is 0.192. The molecule has 0 atom stereocenters. The Balaban J connectivity index is 1.68. The molecule has 3 aromatic carbocycles. The van der Waals surface area contributed by atoms with Gasteiger partial charge in [-0.05, 0) is 55.0 Å². The van der Waals surface area contributed by atoms with Crippen LogP contribution in [0.5, 0.6) is 23.0 Å². The van der Waals surface area contributed by atoms with E-state index in [-0.39, 0.29) is 6.61 Å². The van der Waals surface area contributed by atoms with Gasteiger partial charge in [0.05, 0.1) is 42.8 Å². The lowest BCUT2D eigenvalue weighted by Gasteiger charge is -2.16. The first-order valence-electron chi connectivity index (χ1n) is 10.9. The van der Waals surface area contributed by atoms with E-state index in [1.165, 1.54) is 43.9 Å². The monoisotopic (exact) mass is 559 g/mol. The summed E-state index contributed by atoms with van der Waals surface area (Å²) in [7, 11) is 4.57. The Morgan fingerprint density at radius 2 is 1.73 bits per heavy atom. The molecular formula is C26H23Cl2N3O5S. The van der Waals surface area contributed by atoms with Crippen molar-refractivity contribution >= 4 is 62.0 Å². The summed E-state index contributed by atoms with van der Waals surface area (Å²) in [4.78, 5) is 17.9. The van der Waals surface area contributed by atoms with E-state index < -0.39 is 5.91 Å².